The molecule has 1 amide bonds. The second-order valence-electron chi connectivity index (χ2n) is 9.03. The van der Waals surface area contributed by atoms with Gasteiger partial charge in [-0.2, -0.15) is 0 Å². The Morgan fingerprint density at radius 3 is 2.60 bits per heavy atom. The molecule has 5 rings (SSSR count). The standard InChI is InChI=1S/C28H29N5OS/c1-18-17-22(19(2)32(18)3)27-26(24-12-6-7-15-29-24)31-28(35)33(27)16-14-25(34)30-23-13-8-10-20-9-4-5-11-21(20)23/h4-13,15,17,26-27H,14,16H2,1-3H3,(H,30,34)(H,31,35)/t26-,27+/m0/s1. The number of amides is 1. The molecule has 0 saturated carbocycles. The molecule has 1 saturated heterocycles. The number of thiocarbonyl (C=S) groups is 1. The minimum atomic E-state index is -0.0923. The summed E-state index contributed by atoms with van der Waals surface area (Å²) in [5.74, 6) is -0.0369. The van der Waals surface area contributed by atoms with Crippen LogP contribution in [0.4, 0.5) is 5.69 Å². The minimum absolute atomic E-state index is 0.0369. The normalized spacial score (nSPS) is 17.6. The van der Waals surface area contributed by atoms with Gasteiger partial charge >= 0.3 is 0 Å². The lowest BCUT2D eigenvalue weighted by molar-refractivity contribution is -0.116. The lowest BCUT2D eigenvalue weighted by atomic mass is 9.96. The molecule has 0 spiro atoms. The predicted molar refractivity (Wildman–Crippen MR) is 144 cm³/mol. The number of nitrogens with zero attached hydrogens (tertiary/aromatic N) is 3. The lowest BCUT2D eigenvalue weighted by Crippen LogP contribution is -2.32. The van der Waals surface area contributed by atoms with Gasteiger partial charge in [-0.15, -0.1) is 0 Å². The van der Waals surface area contributed by atoms with Crippen LogP contribution in [0.3, 0.4) is 0 Å². The molecular weight excluding hydrogens is 454 g/mol. The molecule has 178 valence electrons. The number of anilines is 1. The molecular formula is C28H29N5OS. The van der Waals surface area contributed by atoms with Gasteiger partial charge in [0, 0.05) is 48.7 Å². The summed E-state index contributed by atoms with van der Waals surface area (Å²) in [4.78, 5) is 19.8. The molecule has 6 nitrogen and oxygen atoms in total. The number of carbonyl (C=O) groups is 1. The van der Waals surface area contributed by atoms with Crippen molar-refractivity contribution in [3.05, 3.63) is 95.6 Å². The van der Waals surface area contributed by atoms with Crippen molar-refractivity contribution in [1.29, 1.82) is 0 Å². The van der Waals surface area contributed by atoms with Crippen molar-refractivity contribution in [2.45, 2.75) is 32.4 Å². The van der Waals surface area contributed by atoms with E-state index in [1.54, 1.807) is 6.20 Å². The molecule has 1 fully saturated rings. The van der Waals surface area contributed by atoms with Crippen LogP contribution >= 0.6 is 12.2 Å². The summed E-state index contributed by atoms with van der Waals surface area (Å²) in [5.41, 5.74) is 5.33. The molecule has 1 aliphatic heterocycles. The molecule has 0 bridgehead atoms. The van der Waals surface area contributed by atoms with Crippen LogP contribution in [0, 0.1) is 13.8 Å². The maximum atomic E-state index is 13.0. The highest BCUT2D eigenvalue weighted by atomic mass is 32.1. The Morgan fingerprint density at radius 2 is 1.86 bits per heavy atom. The third kappa shape index (κ3) is 4.39. The van der Waals surface area contributed by atoms with Gasteiger partial charge in [0.05, 0.1) is 17.8 Å². The Labute approximate surface area is 211 Å². The molecule has 0 aliphatic carbocycles. The van der Waals surface area contributed by atoms with Crippen LogP contribution < -0.4 is 10.6 Å². The second-order valence-corrected chi connectivity index (χ2v) is 9.42. The van der Waals surface area contributed by atoms with Crippen LogP contribution in [0.15, 0.2) is 72.9 Å². The van der Waals surface area contributed by atoms with Crippen LogP contribution in [0.5, 0.6) is 0 Å². The topological polar surface area (TPSA) is 62.2 Å². The Morgan fingerprint density at radius 1 is 1.09 bits per heavy atom. The van der Waals surface area contributed by atoms with Crippen molar-refractivity contribution in [1.82, 2.24) is 19.8 Å². The summed E-state index contributed by atoms with van der Waals surface area (Å²) in [6, 6.07) is 22.0. The van der Waals surface area contributed by atoms with E-state index in [0.717, 1.165) is 22.2 Å². The monoisotopic (exact) mass is 483 g/mol. The molecule has 0 radical (unpaired) electrons. The van der Waals surface area contributed by atoms with Gasteiger partial charge in [0.15, 0.2) is 5.11 Å². The first-order valence-corrected chi connectivity index (χ1v) is 12.2. The van der Waals surface area contributed by atoms with E-state index in [1.807, 2.05) is 60.7 Å². The number of aromatic nitrogens is 2. The number of fused-ring (bicyclic) bond motifs is 1. The zero-order valence-electron chi connectivity index (χ0n) is 20.2. The fourth-order valence-corrected chi connectivity index (χ4v) is 5.27. The summed E-state index contributed by atoms with van der Waals surface area (Å²) < 4.78 is 2.19. The summed E-state index contributed by atoms with van der Waals surface area (Å²) in [5, 5.41) is 9.35. The number of carbonyl (C=O) groups excluding carboxylic acids is 1. The zero-order valence-corrected chi connectivity index (χ0v) is 21.0. The average molecular weight is 484 g/mol. The van der Waals surface area contributed by atoms with E-state index < -0.39 is 0 Å². The van der Waals surface area contributed by atoms with Crippen LogP contribution in [0.2, 0.25) is 0 Å². The van der Waals surface area contributed by atoms with Crippen LogP contribution in [-0.2, 0) is 11.8 Å². The third-order valence-corrected chi connectivity index (χ3v) is 7.33. The highest BCUT2D eigenvalue weighted by Crippen LogP contribution is 2.40. The van der Waals surface area contributed by atoms with Crippen LogP contribution in [0.1, 0.15) is 41.1 Å². The van der Waals surface area contributed by atoms with Crippen molar-refractivity contribution in [2.75, 3.05) is 11.9 Å². The number of nitrogens with one attached hydrogen (secondary N) is 2. The number of benzene rings is 2. The number of pyridine rings is 1. The Kier molecular flexibility index (Phi) is 6.26. The lowest BCUT2D eigenvalue weighted by Gasteiger charge is -2.28. The Hall–Kier alpha value is -3.71. The SMILES string of the molecule is Cc1cc([C@@H]2[C@H](c3ccccn3)NC(=S)N2CCC(=O)Nc2cccc3ccccc23)c(C)n1C. The van der Waals surface area contributed by atoms with E-state index in [0.29, 0.717) is 18.1 Å². The highest BCUT2D eigenvalue weighted by Gasteiger charge is 2.41. The van der Waals surface area contributed by atoms with Gasteiger partial charge in [0.1, 0.15) is 0 Å². The molecule has 0 unspecified atom stereocenters. The van der Waals surface area contributed by atoms with Crippen molar-refractivity contribution in [2.24, 2.45) is 7.05 Å². The summed E-state index contributed by atoms with van der Waals surface area (Å²) in [6.45, 7) is 4.74. The minimum Gasteiger partial charge on any atom is -0.352 e. The first kappa shape index (κ1) is 23.1. The van der Waals surface area contributed by atoms with E-state index >= 15 is 0 Å². The predicted octanol–water partition coefficient (Wildman–Crippen LogP) is 5.19. The third-order valence-electron chi connectivity index (χ3n) is 6.97. The maximum absolute atomic E-state index is 13.0. The fraction of sp³-hybridized carbons (Fsp3) is 0.250. The Balaban J connectivity index is 1.39. The molecule has 4 aromatic rings. The Bertz CT molecular complexity index is 1390. The summed E-state index contributed by atoms with van der Waals surface area (Å²) in [7, 11) is 2.08. The first-order chi connectivity index (χ1) is 16.9. The quantitative estimate of drug-likeness (QED) is 0.370. The smallest absolute Gasteiger partial charge is 0.226 e. The average Bonchev–Trinajstić information content (AvgIpc) is 3.33. The van der Waals surface area contributed by atoms with E-state index in [9.17, 15) is 4.79 Å². The first-order valence-electron chi connectivity index (χ1n) is 11.8. The molecule has 1 aliphatic rings. The summed E-state index contributed by atoms with van der Waals surface area (Å²) >= 11 is 5.77. The number of aryl methyl sites for hydroxylation is 1. The number of rotatable bonds is 6. The van der Waals surface area contributed by atoms with Crippen LogP contribution in [0.25, 0.3) is 10.8 Å². The van der Waals surface area contributed by atoms with Gasteiger partial charge in [0.2, 0.25) is 5.91 Å². The maximum Gasteiger partial charge on any atom is 0.226 e. The second kappa shape index (κ2) is 9.50. The highest BCUT2D eigenvalue weighted by molar-refractivity contribution is 7.80. The van der Waals surface area contributed by atoms with Crippen molar-refractivity contribution < 1.29 is 4.79 Å². The molecule has 2 aromatic heterocycles. The molecule has 3 heterocycles. The molecule has 7 heteroatoms. The van der Waals surface area contributed by atoms with Gasteiger partial charge in [-0.25, -0.2) is 0 Å². The van der Waals surface area contributed by atoms with Crippen molar-refractivity contribution in [3.8, 4) is 0 Å². The summed E-state index contributed by atoms with van der Waals surface area (Å²) in [6.07, 6.45) is 2.13. The van der Waals surface area contributed by atoms with E-state index in [-0.39, 0.29) is 18.0 Å². The van der Waals surface area contributed by atoms with Gasteiger partial charge in [0.25, 0.3) is 0 Å². The largest absolute Gasteiger partial charge is 0.352 e. The van der Waals surface area contributed by atoms with Gasteiger partial charge in [-0.3, -0.25) is 9.78 Å². The van der Waals surface area contributed by atoms with Crippen molar-refractivity contribution >= 4 is 39.7 Å². The van der Waals surface area contributed by atoms with E-state index in [4.69, 9.17) is 12.2 Å². The van der Waals surface area contributed by atoms with Crippen molar-refractivity contribution in [3.63, 3.8) is 0 Å². The zero-order chi connectivity index (χ0) is 24.5. The molecule has 2 aromatic carbocycles. The van der Waals surface area contributed by atoms with E-state index in [2.05, 4.69) is 52.0 Å². The number of hydrogen-bond acceptors (Lipinski definition) is 3. The number of hydrogen-bond donors (Lipinski definition) is 2. The van der Waals surface area contributed by atoms with E-state index in [1.165, 1.54) is 17.0 Å². The molecule has 35 heavy (non-hydrogen) atoms. The molecule has 2 N–H and O–H groups in total. The fourth-order valence-electron chi connectivity index (χ4n) is 4.94. The van der Waals surface area contributed by atoms with Crippen LogP contribution in [-0.4, -0.2) is 32.0 Å². The van der Waals surface area contributed by atoms with Gasteiger partial charge < -0.3 is 20.1 Å². The van der Waals surface area contributed by atoms with Gasteiger partial charge in [-0.1, -0.05) is 42.5 Å². The van der Waals surface area contributed by atoms with Gasteiger partial charge in [-0.05, 0) is 61.3 Å². The molecule has 2 atom stereocenters.